The van der Waals surface area contributed by atoms with Gasteiger partial charge in [-0.1, -0.05) is 25.7 Å². The second kappa shape index (κ2) is 5.53. The first-order valence-corrected chi connectivity index (χ1v) is 6.54. The first kappa shape index (κ1) is 11.7. The quantitative estimate of drug-likeness (QED) is 0.817. The van der Waals surface area contributed by atoms with Gasteiger partial charge in [0.2, 0.25) is 0 Å². The van der Waals surface area contributed by atoms with Gasteiger partial charge < -0.3 is 9.73 Å². The predicted molar refractivity (Wildman–Crippen MR) is 66.4 cm³/mol. The molecule has 1 atom stereocenters. The number of furan rings is 1. The fourth-order valence-corrected chi connectivity index (χ4v) is 2.72. The van der Waals surface area contributed by atoms with Crippen LogP contribution in [0.15, 0.2) is 16.7 Å². The Morgan fingerprint density at radius 1 is 1.44 bits per heavy atom. The summed E-state index contributed by atoms with van der Waals surface area (Å²) in [7, 11) is 0. The molecule has 1 fully saturated rings. The van der Waals surface area contributed by atoms with Crippen LogP contribution in [-0.4, -0.2) is 6.54 Å². The van der Waals surface area contributed by atoms with Crippen molar-refractivity contribution in [1.82, 2.24) is 5.32 Å². The van der Waals surface area contributed by atoms with Crippen molar-refractivity contribution in [1.29, 1.82) is 0 Å². The van der Waals surface area contributed by atoms with Crippen LogP contribution in [0.5, 0.6) is 0 Å². The van der Waals surface area contributed by atoms with E-state index in [1.807, 2.05) is 6.07 Å². The van der Waals surface area contributed by atoms with Crippen LogP contribution in [0, 0.1) is 12.8 Å². The molecule has 2 nitrogen and oxygen atoms in total. The molecule has 1 saturated carbocycles. The number of nitrogens with one attached hydrogen (secondary N) is 1. The van der Waals surface area contributed by atoms with Crippen molar-refractivity contribution in [2.75, 3.05) is 6.54 Å². The highest BCUT2D eigenvalue weighted by Crippen LogP contribution is 2.27. The third-order valence-corrected chi connectivity index (χ3v) is 3.77. The highest BCUT2D eigenvalue weighted by Gasteiger charge is 2.16. The second-order valence-corrected chi connectivity index (χ2v) is 5.08. The summed E-state index contributed by atoms with van der Waals surface area (Å²) in [5.41, 5.74) is 1.25. The molecule has 0 amide bonds. The van der Waals surface area contributed by atoms with E-state index >= 15 is 0 Å². The first-order valence-electron chi connectivity index (χ1n) is 6.54. The molecule has 2 heteroatoms. The Morgan fingerprint density at radius 3 is 2.81 bits per heavy atom. The smallest absolute Gasteiger partial charge is 0.123 e. The van der Waals surface area contributed by atoms with E-state index in [4.69, 9.17) is 4.42 Å². The summed E-state index contributed by atoms with van der Waals surface area (Å²) < 4.78 is 5.49. The van der Waals surface area contributed by atoms with Crippen molar-refractivity contribution in [3.63, 3.8) is 0 Å². The van der Waals surface area contributed by atoms with E-state index in [0.717, 1.165) is 18.2 Å². The van der Waals surface area contributed by atoms with E-state index < -0.39 is 0 Å². The van der Waals surface area contributed by atoms with Gasteiger partial charge in [0.05, 0.1) is 12.3 Å². The lowest BCUT2D eigenvalue weighted by Gasteiger charge is -2.14. The topological polar surface area (TPSA) is 25.2 Å². The Kier molecular flexibility index (Phi) is 4.05. The van der Waals surface area contributed by atoms with Crippen LogP contribution in [0.25, 0.3) is 0 Å². The lowest BCUT2D eigenvalue weighted by molar-refractivity contribution is 0.403. The number of hydrogen-bond donors (Lipinski definition) is 1. The third-order valence-electron chi connectivity index (χ3n) is 3.77. The summed E-state index contributed by atoms with van der Waals surface area (Å²) in [6.45, 7) is 5.40. The van der Waals surface area contributed by atoms with Crippen molar-refractivity contribution in [2.24, 2.45) is 5.92 Å². The van der Waals surface area contributed by atoms with Crippen molar-refractivity contribution in [3.8, 4) is 0 Å². The summed E-state index contributed by atoms with van der Waals surface area (Å²) in [6.07, 6.45) is 8.87. The fraction of sp³-hybridized carbons (Fsp3) is 0.714. The average molecular weight is 221 g/mol. The van der Waals surface area contributed by atoms with Gasteiger partial charge in [0.15, 0.2) is 0 Å². The molecule has 0 radical (unpaired) electrons. The maximum absolute atomic E-state index is 5.49. The molecule has 2 rings (SSSR count). The van der Waals surface area contributed by atoms with Gasteiger partial charge in [-0.3, -0.25) is 0 Å². The van der Waals surface area contributed by atoms with Crippen molar-refractivity contribution in [3.05, 3.63) is 23.7 Å². The van der Waals surface area contributed by atoms with Gasteiger partial charge in [-0.05, 0) is 44.4 Å². The molecule has 0 bridgehead atoms. The molecule has 0 aliphatic heterocycles. The van der Waals surface area contributed by atoms with Gasteiger partial charge in [-0.2, -0.15) is 0 Å². The maximum Gasteiger partial charge on any atom is 0.123 e. The van der Waals surface area contributed by atoms with E-state index in [-0.39, 0.29) is 0 Å². The van der Waals surface area contributed by atoms with E-state index in [9.17, 15) is 0 Å². The predicted octanol–water partition coefficient (Wildman–Crippen LogP) is 3.82. The van der Waals surface area contributed by atoms with E-state index in [2.05, 4.69) is 19.2 Å². The Morgan fingerprint density at radius 2 is 2.19 bits per heavy atom. The monoisotopic (exact) mass is 221 g/mol. The Labute approximate surface area is 98.4 Å². The molecule has 0 aromatic carbocycles. The van der Waals surface area contributed by atoms with Crippen molar-refractivity contribution < 1.29 is 4.42 Å². The molecule has 1 heterocycles. The van der Waals surface area contributed by atoms with Crippen LogP contribution >= 0.6 is 0 Å². The van der Waals surface area contributed by atoms with Crippen LogP contribution in [0.3, 0.4) is 0 Å². The average Bonchev–Trinajstić information content (AvgIpc) is 2.88. The summed E-state index contributed by atoms with van der Waals surface area (Å²) in [5.74, 6) is 2.06. The van der Waals surface area contributed by atoms with Crippen LogP contribution in [-0.2, 0) is 0 Å². The molecule has 1 unspecified atom stereocenters. The number of hydrogen-bond acceptors (Lipinski definition) is 2. The fourth-order valence-electron chi connectivity index (χ4n) is 2.72. The molecule has 16 heavy (non-hydrogen) atoms. The lowest BCUT2D eigenvalue weighted by atomic mass is 10.0. The van der Waals surface area contributed by atoms with Gasteiger partial charge >= 0.3 is 0 Å². The Balaban J connectivity index is 1.71. The highest BCUT2D eigenvalue weighted by molar-refractivity contribution is 5.17. The van der Waals surface area contributed by atoms with E-state index in [1.165, 1.54) is 37.7 Å². The van der Waals surface area contributed by atoms with Crippen molar-refractivity contribution >= 4 is 0 Å². The van der Waals surface area contributed by atoms with Crippen molar-refractivity contribution in [2.45, 2.75) is 52.0 Å². The van der Waals surface area contributed by atoms with Crippen LogP contribution in [0.1, 0.15) is 56.4 Å². The minimum atomic E-state index is 0.344. The first-order chi connectivity index (χ1) is 7.77. The van der Waals surface area contributed by atoms with Crippen LogP contribution < -0.4 is 5.32 Å². The second-order valence-electron chi connectivity index (χ2n) is 5.08. The van der Waals surface area contributed by atoms with Gasteiger partial charge in [-0.25, -0.2) is 0 Å². The molecule has 90 valence electrons. The summed E-state index contributed by atoms with van der Waals surface area (Å²) >= 11 is 0. The number of rotatable bonds is 5. The third kappa shape index (κ3) is 2.88. The maximum atomic E-state index is 5.49. The Bertz CT molecular complexity index is 312. The molecule has 1 aliphatic rings. The zero-order chi connectivity index (χ0) is 11.4. The summed E-state index contributed by atoms with van der Waals surface area (Å²) in [5, 5.41) is 3.56. The summed E-state index contributed by atoms with van der Waals surface area (Å²) in [6, 6.07) is 2.38. The van der Waals surface area contributed by atoms with Gasteiger partial charge in [0.25, 0.3) is 0 Å². The van der Waals surface area contributed by atoms with Gasteiger partial charge in [0, 0.05) is 0 Å². The molecule has 0 saturated heterocycles. The Hall–Kier alpha value is -0.760. The normalized spacial score (nSPS) is 19.1. The molecular weight excluding hydrogens is 198 g/mol. The molecule has 1 aliphatic carbocycles. The van der Waals surface area contributed by atoms with Crippen LogP contribution in [0.2, 0.25) is 0 Å². The highest BCUT2D eigenvalue weighted by atomic mass is 16.3. The summed E-state index contributed by atoms with van der Waals surface area (Å²) in [4.78, 5) is 0. The van der Waals surface area contributed by atoms with Crippen LogP contribution in [0.4, 0.5) is 0 Å². The zero-order valence-corrected chi connectivity index (χ0v) is 10.5. The molecule has 1 aromatic rings. The molecule has 0 spiro atoms. The zero-order valence-electron chi connectivity index (χ0n) is 10.5. The SMILES string of the molecule is Cc1ccoc1C(C)NCCC1CCCC1. The largest absolute Gasteiger partial charge is 0.467 e. The van der Waals surface area contributed by atoms with Gasteiger partial charge in [0.1, 0.15) is 5.76 Å². The molecular formula is C14H23NO. The molecule has 1 N–H and O–H groups in total. The standard InChI is InChI=1S/C14H23NO/c1-11-8-10-16-14(11)12(2)15-9-7-13-5-3-4-6-13/h8,10,12-13,15H,3-7,9H2,1-2H3. The van der Waals surface area contributed by atoms with Gasteiger partial charge in [-0.15, -0.1) is 0 Å². The lowest BCUT2D eigenvalue weighted by Crippen LogP contribution is -2.21. The molecule has 1 aromatic heterocycles. The minimum Gasteiger partial charge on any atom is -0.467 e. The number of aryl methyl sites for hydroxylation is 1. The van der Waals surface area contributed by atoms with E-state index in [1.54, 1.807) is 6.26 Å². The minimum absolute atomic E-state index is 0.344. The van der Waals surface area contributed by atoms with E-state index in [0.29, 0.717) is 6.04 Å².